The highest BCUT2D eigenvalue weighted by atomic mass is 32.3. The van der Waals surface area contributed by atoms with E-state index in [9.17, 15) is 0 Å². The SMILES string of the molecule is CCCC1=NCCOC1.O=S(=O)(O)O. The molecule has 1 heterocycles. The van der Waals surface area contributed by atoms with Crippen LogP contribution in [0, 0.1) is 0 Å². The molecule has 0 unspecified atom stereocenters. The first-order valence-corrected chi connectivity index (χ1v) is 5.63. The maximum Gasteiger partial charge on any atom is 0.394 e. The van der Waals surface area contributed by atoms with Gasteiger partial charge in [-0.1, -0.05) is 13.3 Å². The monoisotopic (exact) mass is 225 g/mol. The number of hydrogen-bond donors (Lipinski definition) is 2. The van der Waals surface area contributed by atoms with Crippen LogP contribution in [0.25, 0.3) is 0 Å². The molecule has 0 saturated heterocycles. The summed E-state index contributed by atoms with van der Waals surface area (Å²) in [6.07, 6.45) is 2.29. The minimum atomic E-state index is -4.67. The van der Waals surface area contributed by atoms with E-state index < -0.39 is 10.4 Å². The van der Waals surface area contributed by atoms with Crippen LogP contribution in [0.15, 0.2) is 4.99 Å². The lowest BCUT2D eigenvalue weighted by molar-refractivity contribution is 0.169. The Labute approximate surface area is 83.6 Å². The summed E-state index contributed by atoms with van der Waals surface area (Å²) in [4.78, 5) is 4.31. The molecule has 0 saturated carbocycles. The average molecular weight is 225 g/mol. The van der Waals surface area contributed by atoms with E-state index in [4.69, 9.17) is 22.3 Å². The van der Waals surface area contributed by atoms with Crippen molar-refractivity contribution in [3.63, 3.8) is 0 Å². The quantitative estimate of drug-likeness (QED) is 0.671. The first kappa shape index (κ1) is 13.5. The molecule has 14 heavy (non-hydrogen) atoms. The van der Waals surface area contributed by atoms with Gasteiger partial charge < -0.3 is 4.74 Å². The van der Waals surface area contributed by atoms with Gasteiger partial charge in [0, 0.05) is 5.71 Å². The van der Waals surface area contributed by atoms with Gasteiger partial charge in [-0.25, -0.2) is 0 Å². The minimum Gasteiger partial charge on any atom is -0.374 e. The molecule has 0 fully saturated rings. The van der Waals surface area contributed by atoms with Crippen LogP contribution in [-0.4, -0.2) is 43.0 Å². The summed E-state index contributed by atoms with van der Waals surface area (Å²) < 4.78 is 36.8. The summed E-state index contributed by atoms with van der Waals surface area (Å²) in [7, 11) is -4.67. The molecule has 0 atom stereocenters. The lowest BCUT2D eigenvalue weighted by Crippen LogP contribution is -2.17. The molecule has 0 amide bonds. The van der Waals surface area contributed by atoms with Crippen LogP contribution in [0.1, 0.15) is 19.8 Å². The summed E-state index contributed by atoms with van der Waals surface area (Å²) in [5, 5.41) is 0. The van der Waals surface area contributed by atoms with Crippen LogP contribution >= 0.6 is 0 Å². The van der Waals surface area contributed by atoms with Crippen LogP contribution in [0.5, 0.6) is 0 Å². The third-order valence-corrected chi connectivity index (χ3v) is 1.38. The van der Waals surface area contributed by atoms with Crippen LogP contribution in [-0.2, 0) is 15.1 Å². The van der Waals surface area contributed by atoms with Gasteiger partial charge in [-0.2, -0.15) is 8.42 Å². The van der Waals surface area contributed by atoms with Crippen LogP contribution < -0.4 is 0 Å². The van der Waals surface area contributed by atoms with Gasteiger partial charge in [0.1, 0.15) is 0 Å². The summed E-state index contributed by atoms with van der Waals surface area (Å²) in [6.45, 7) is 4.62. The van der Waals surface area contributed by atoms with Crippen LogP contribution in [0.3, 0.4) is 0 Å². The molecule has 0 aromatic carbocycles. The molecule has 1 aliphatic heterocycles. The van der Waals surface area contributed by atoms with Gasteiger partial charge in [-0.05, 0) is 6.42 Å². The molecule has 1 rings (SSSR count). The van der Waals surface area contributed by atoms with E-state index in [-0.39, 0.29) is 0 Å². The molecule has 0 radical (unpaired) electrons. The van der Waals surface area contributed by atoms with Gasteiger partial charge in [0.2, 0.25) is 0 Å². The normalized spacial score (nSPS) is 16.6. The maximum atomic E-state index is 8.74. The predicted octanol–water partition coefficient (Wildman–Crippen LogP) is 0.605. The second-order valence-corrected chi connectivity index (χ2v) is 3.59. The van der Waals surface area contributed by atoms with Crippen LogP contribution in [0.4, 0.5) is 0 Å². The summed E-state index contributed by atoms with van der Waals surface area (Å²) >= 11 is 0. The summed E-state index contributed by atoms with van der Waals surface area (Å²) in [5.74, 6) is 0. The van der Waals surface area contributed by atoms with E-state index >= 15 is 0 Å². The van der Waals surface area contributed by atoms with Crippen molar-refractivity contribution < 1.29 is 22.3 Å². The van der Waals surface area contributed by atoms with Crippen molar-refractivity contribution in [1.82, 2.24) is 0 Å². The molecule has 0 aliphatic carbocycles. The molecule has 0 aromatic rings. The van der Waals surface area contributed by atoms with E-state index in [1.165, 1.54) is 12.1 Å². The van der Waals surface area contributed by atoms with Crippen LogP contribution in [0.2, 0.25) is 0 Å². The van der Waals surface area contributed by atoms with Gasteiger partial charge in [-0.15, -0.1) is 0 Å². The van der Waals surface area contributed by atoms with Gasteiger partial charge in [0.15, 0.2) is 0 Å². The number of hydrogen-bond acceptors (Lipinski definition) is 4. The fourth-order valence-corrected chi connectivity index (χ4v) is 0.944. The number of aliphatic imine (C=N–C) groups is 1. The topological polar surface area (TPSA) is 96.2 Å². The highest BCUT2D eigenvalue weighted by Gasteiger charge is 2.02. The molecule has 2 N–H and O–H groups in total. The molecular formula is C7H15NO5S. The largest absolute Gasteiger partial charge is 0.394 e. The molecule has 6 nitrogen and oxygen atoms in total. The third kappa shape index (κ3) is 11.5. The first-order valence-electron chi connectivity index (χ1n) is 4.23. The molecule has 1 aliphatic rings. The highest BCUT2D eigenvalue weighted by Crippen LogP contribution is 1.97. The lowest BCUT2D eigenvalue weighted by atomic mass is 10.2. The fraction of sp³-hybridized carbons (Fsp3) is 0.857. The van der Waals surface area contributed by atoms with E-state index in [2.05, 4.69) is 11.9 Å². The van der Waals surface area contributed by atoms with E-state index in [0.29, 0.717) is 0 Å². The minimum absolute atomic E-state index is 0.772. The standard InChI is InChI=1S/C7H13NO.H2O4S/c1-2-3-7-6-9-5-4-8-7;1-5(2,3)4/h2-6H2,1H3;(H2,1,2,3,4). The van der Waals surface area contributed by atoms with E-state index in [1.807, 2.05) is 0 Å². The Morgan fingerprint density at radius 1 is 1.50 bits per heavy atom. The van der Waals surface area contributed by atoms with E-state index in [0.717, 1.165) is 26.2 Å². The van der Waals surface area contributed by atoms with Crippen molar-refractivity contribution in [2.75, 3.05) is 19.8 Å². The fourth-order valence-electron chi connectivity index (χ4n) is 0.944. The molecular weight excluding hydrogens is 210 g/mol. The Hall–Kier alpha value is -0.500. The van der Waals surface area contributed by atoms with Crippen molar-refractivity contribution >= 4 is 16.1 Å². The van der Waals surface area contributed by atoms with Gasteiger partial charge in [0.05, 0.1) is 19.8 Å². The Kier molecular flexibility index (Phi) is 6.64. The van der Waals surface area contributed by atoms with Gasteiger partial charge in [-0.3, -0.25) is 14.1 Å². The Morgan fingerprint density at radius 2 is 2.07 bits per heavy atom. The van der Waals surface area contributed by atoms with Crippen molar-refractivity contribution in [2.24, 2.45) is 4.99 Å². The zero-order chi connectivity index (χ0) is 11.0. The number of nitrogens with zero attached hydrogens (tertiary/aromatic N) is 1. The second-order valence-electron chi connectivity index (χ2n) is 2.70. The van der Waals surface area contributed by atoms with Crippen molar-refractivity contribution in [1.29, 1.82) is 0 Å². The highest BCUT2D eigenvalue weighted by molar-refractivity contribution is 7.79. The first-order chi connectivity index (χ1) is 6.43. The zero-order valence-electron chi connectivity index (χ0n) is 8.01. The maximum absolute atomic E-state index is 8.74. The molecule has 0 bridgehead atoms. The van der Waals surface area contributed by atoms with Gasteiger partial charge >= 0.3 is 10.4 Å². The summed E-state index contributed by atoms with van der Waals surface area (Å²) in [5.41, 5.74) is 1.24. The molecule has 0 aromatic heterocycles. The molecule has 7 heteroatoms. The lowest BCUT2D eigenvalue weighted by Gasteiger charge is -2.10. The smallest absolute Gasteiger partial charge is 0.374 e. The average Bonchev–Trinajstić information content (AvgIpc) is 2.03. The van der Waals surface area contributed by atoms with Crippen molar-refractivity contribution in [2.45, 2.75) is 19.8 Å². The Bertz CT molecular complexity index is 264. The van der Waals surface area contributed by atoms with Gasteiger partial charge in [0.25, 0.3) is 0 Å². The Balaban J connectivity index is 0.000000292. The Morgan fingerprint density at radius 3 is 2.43 bits per heavy atom. The second kappa shape index (κ2) is 6.88. The molecule has 0 spiro atoms. The number of ether oxygens (including phenoxy) is 1. The van der Waals surface area contributed by atoms with Crippen molar-refractivity contribution in [3.05, 3.63) is 0 Å². The third-order valence-electron chi connectivity index (χ3n) is 1.38. The van der Waals surface area contributed by atoms with E-state index in [1.54, 1.807) is 0 Å². The zero-order valence-corrected chi connectivity index (χ0v) is 8.83. The predicted molar refractivity (Wildman–Crippen MR) is 52.2 cm³/mol. The summed E-state index contributed by atoms with van der Waals surface area (Å²) in [6, 6.07) is 0. The van der Waals surface area contributed by atoms with Crippen molar-refractivity contribution in [3.8, 4) is 0 Å². The molecule has 84 valence electrons. The number of rotatable bonds is 2.